The van der Waals surface area contributed by atoms with Gasteiger partial charge in [-0.05, 0) is 49.2 Å². The number of rotatable bonds is 11. The lowest BCUT2D eigenvalue weighted by molar-refractivity contribution is -0.142. The molecule has 0 bridgehead atoms. The number of hydrogen-bond donors (Lipinski definition) is 4. The first-order valence-electron chi connectivity index (χ1n) is 15.8. The van der Waals surface area contributed by atoms with Gasteiger partial charge in [-0.1, -0.05) is 0 Å². The third-order valence-electron chi connectivity index (χ3n) is 8.21. The first-order chi connectivity index (χ1) is 25.3. The molecule has 6 aromatic rings. The number of nitrogens with one attached hydrogen (secondary N) is 2. The van der Waals surface area contributed by atoms with Gasteiger partial charge in [0.25, 0.3) is 11.8 Å². The number of alkyl halides is 6. The van der Waals surface area contributed by atoms with Gasteiger partial charge in [0.1, 0.15) is 0 Å². The summed E-state index contributed by atoms with van der Waals surface area (Å²) in [5, 5.41) is 11.5. The third-order valence-corrected chi connectivity index (χ3v) is 8.21. The Morgan fingerprint density at radius 1 is 0.648 bits per heavy atom. The highest BCUT2D eigenvalue weighted by Crippen LogP contribution is 2.33. The number of hydrogen-bond acceptors (Lipinski definition) is 8. The van der Waals surface area contributed by atoms with Gasteiger partial charge in [0.15, 0.2) is 11.4 Å². The number of carbonyl (C=O) groups excluding carboxylic acids is 4. The first kappa shape index (κ1) is 37.0. The van der Waals surface area contributed by atoms with Crippen molar-refractivity contribution in [2.45, 2.75) is 38.3 Å². The SMILES string of the molecule is Cn1cc(C(=O)Nc2nc3cc(C(N)=O)ccc3n2CCCCn2c(NC(=O)c3cn(C)nc3C(F)(F)F)nc3cc(C(N)=O)ccc32)c(C(F)(F)F)n1. The van der Waals surface area contributed by atoms with Crippen LogP contribution in [0.1, 0.15) is 65.7 Å². The Morgan fingerprint density at radius 2 is 1.02 bits per heavy atom. The highest BCUT2D eigenvalue weighted by molar-refractivity contribution is 6.06. The average molecular weight is 759 g/mol. The smallest absolute Gasteiger partial charge is 0.366 e. The standard InChI is InChI=1S/C32H28F6N12O4/c1-47-13-17(23(45-47)31(33,34)35)27(53)43-29-41-19-11-15(25(39)51)5-7-21(19)49(29)9-3-4-10-50-22-8-6-16(26(40)52)12-20(22)42-30(50)44-28(54)18-14-48(2)46-24(18)32(36,37)38/h5-8,11-14H,3-4,9-10H2,1-2H3,(H2,39,51)(H2,40,52)(H,41,43,53)(H,42,44,54). The van der Waals surface area contributed by atoms with E-state index in [4.69, 9.17) is 11.5 Å². The summed E-state index contributed by atoms with van der Waals surface area (Å²) in [7, 11) is 2.45. The number of aromatic nitrogens is 8. The van der Waals surface area contributed by atoms with E-state index in [9.17, 15) is 45.5 Å². The summed E-state index contributed by atoms with van der Waals surface area (Å²) in [6, 6.07) is 8.55. The van der Waals surface area contributed by atoms with Gasteiger partial charge in [0.2, 0.25) is 23.7 Å². The Balaban J connectivity index is 1.28. The Hall–Kier alpha value is -6.74. The quantitative estimate of drug-likeness (QED) is 0.111. The number of amides is 4. The Bertz CT molecular complexity index is 2300. The first-order valence-corrected chi connectivity index (χ1v) is 15.8. The van der Waals surface area contributed by atoms with Crippen LogP contribution in [-0.4, -0.2) is 62.3 Å². The summed E-state index contributed by atoms with van der Waals surface area (Å²) < 4.78 is 86.5. The molecule has 4 amide bonds. The summed E-state index contributed by atoms with van der Waals surface area (Å²) in [5.74, 6) is -4.12. The average Bonchev–Trinajstić information content (AvgIpc) is 3.85. The minimum atomic E-state index is -4.93. The molecule has 0 atom stereocenters. The number of halogens is 6. The van der Waals surface area contributed by atoms with Gasteiger partial charge >= 0.3 is 12.4 Å². The lowest BCUT2D eigenvalue weighted by atomic mass is 10.2. The molecule has 16 nitrogen and oxygen atoms in total. The van der Waals surface area contributed by atoms with Crippen molar-refractivity contribution in [3.63, 3.8) is 0 Å². The van der Waals surface area contributed by atoms with E-state index in [1.165, 1.54) is 59.6 Å². The Kier molecular flexibility index (Phi) is 9.37. The Labute approximate surface area is 298 Å². The monoisotopic (exact) mass is 758 g/mol. The fourth-order valence-electron chi connectivity index (χ4n) is 5.82. The van der Waals surface area contributed by atoms with Crippen molar-refractivity contribution in [1.82, 2.24) is 38.7 Å². The second-order valence-electron chi connectivity index (χ2n) is 12.1. The van der Waals surface area contributed by atoms with E-state index >= 15 is 0 Å². The van der Waals surface area contributed by atoms with Gasteiger partial charge in [0.05, 0.1) is 33.2 Å². The van der Waals surface area contributed by atoms with Gasteiger partial charge in [-0.2, -0.15) is 36.5 Å². The normalized spacial score (nSPS) is 12.1. The fourth-order valence-corrected chi connectivity index (χ4v) is 5.82. The molecule has 0 saturated carbocycles. The number of nitrogens with zero attached hydrogens (tertiary/aromatic N) is 8. The van der Waals surface area contributed by atoms with E-state index in [1.54, 1.807) is 0 Å². The summed E-state index contributed by atoms with van der Waals surface area (Å²) in [6.45, 7) is 0.206. The fraction of sp³-hybridized carbons (Fsp3) is 0.250. The van der Waals surface area contributed by atoms with Crippen LogP contribution >= 0.6 is 0 Å². The maximum atomic E-state index is 13.6. The van der Waals surface area contributed by atoms with Crippen LogP contribution in [0.4, 0.5) is 38.2 Å². The predicted molar refractivity (Wildman–Crippen MR) is 178 cm³/mol. The molecule has 6 N–H and O–H groups in total. The number of aryl methyl sites for hydroxylation is 4. The van der Waals surface area contributed by atoms with E-state index in [2.05, 4.69) is 30.8 Å². The van der Waals surface area contributed by atoms with E-state index in [0.717, 1.165) is 21.8 Å². The maximum absolute atomic E-state index is 13.6. The van der Waals surface area contributed by atoms with E-state index in [0.29, 0.717) is 23.9 Å². The van der Waals surface area contributed by atoms with Crippen molar-refractivity contribution >= 4 is 57.6 Å². The molecular weight excluding hydrogens is 730 g/mol. The molecule has 0 saturated heterocycles. The second kappa shape index (κ2) is 13.7. The zero-order valence-corrected chi connectivity index (χ0v) is 28.1. The van der Waals surface area contributed by atoms with Crippen molar-refractivity contribution in [2.24, 2.45) is 25.6 Å². The molecule has 0 radical (unpaired) electrons. The molecule has 0 fully saturated rings. The van der Waals surface area contributed by atoms with Gasteiger partial charge < -0.3 is 20.6 Å². The van der Waals surface area contributed by atoms with Gasteiger partial charge in [-0.15, -0.1) is 0 Å². The molecule has 282 valence electrons. The van der Waals surface area contributed by atoms with E-state index in [-0.39, 0.29) is 47.1 Å². The van der Waals surface area contributed by atoms with Crippen LogP contribution in [-0.2, 0) is 39.5 Å². The van der Waals surface area contributed by atoms with Crippen LogP contribution in [0.5, 0.6) is 0 Å². The van der Waals surface area contributed by atoms with Crippen molar-refractivity contribution < 1.29 is 45.5 Å². The lowest BCUT2D eigenvalue weighted by Crippen LogP contribution is -2.20. The second-order valence-corrected chi connectivity index (χ2v) is 12.1. The molecule has 0 aliphatic rings. The molecule has 0 aliphatic heterocycles. The third kappa shape index (κ3) is 7.29. The Morgan fingerprint density at radius 3 is 1.35 bits per heavy atom. The van der Waals surface area contributed by atoms with E-state index < -0.39 is 58.5 Å². The van der Waals surface area contributed by atoms with Crippen LogP contribution in [0.2, 0.25) is 0 Å². The number of fused-ring (bicyclic) bond motifs is 2. The molecule has 4 aromatic heterocycles. The highest BCUT2D eigenvalue weighted by Gasteiger charge is 2.40. The number of primary amides is 2. The van der Waals surface area contributed by atoms with Gasteiger partial charge in [-0.25, -0.2) is 9.97 Å². The molecule has 4 heterocycles. The maximum Gasteiger partial charge on any atom is 0.435 e. The van der Waals surface area contributed by atoms with Crippen LogP contribution < -0.4 is 22.1 Å². The summed E-state index contributed by atoms with van der Waals surface area (Å²) >= 11 is 0. The van der Waals surface area contributed by atoms with Crippen molar-refractivity contribution in [1.29, 1.82) is 0 Å². The summed E-state index contributed by atoms with van der Waals surface area (Å²) in [6.07, 6.45) is -7.46. The largest absolute Gasteiger partial charge is 0.435 e. The molecule has 22 heteroatoms. The lowest BCUT2D eigenvalue weighted by Gasteiger charge is -2.13. The highest BCUT2D eigenvalue weighted by atomic mass is 19.4. The van der Waals surface area contributed by atoms with Crippen LogP contribution in [0.25, 0.3) is 22.1 Å². The minimum absolute atomic E-state index is 0.0892. The molecule has 0 unspecified atom stereocenters. The molecule has 54 heavy (non-hydrogen) atoms. The zero-order valence-electron chi connectivity index (χ0n) is 28.1. The number of carbonyl (C=O) groups is 4. The van der Waals surface area contributed by atoms with Crippen LogP contribution in [0, 0.1) is 0 Å². The molecule has 0 aliphatic carbocycles. The predicted octanol–water partition coefficient (Wildman–Crippen LogP) is 4.07. The van der Waals surface area contributed by atoms with Gasteiger partial charge in [-0.3, -0.25) is 39.2 Å². The minimum Gasteiger partial charge on any atom is -0.366 e. The molecule has 0 spiro atoms. The number of imidazole rings is 2. The van der Waals surface area contributed by atoms with Crippen LogP contribution in [0.15, 0.2) is 48.8 Å². The zero-order chi connectivity index (χ0) is 39.3. The van der Waals surface area contributed by atoms with Crippen molar-refractivity contribution in [2.75, 3.05) is 10.6 Å². The van der Waals surface area contributed by atoms with Crippen LogP contribution in [0.3, 0.4) is 0 Å². The number of benzene rings is 2. The molecular formula is C32H28F6N12O4. The summed E-state index contributed by atoms with van der Waals surface area (Å²) in [4.78, 5) is 58.6. The van der Waals surface area contributed by atoms with Gasteiger partial charge in [0, 0.05) is 50.7 Å². The topological polar surface area (TPSA) is 216 Å². The molecule has 2 aromatic carbocycles. The van der Waals surface area contributed by atoms with Crippen molar-refractivity contribution in [3.8, 4) is 0 Å². The number of anilines is 2. The van der Waals surface area contributed by atoms with E-state index in [1.807, 2.05) is 0 Å². The number of nitrogens with two attached hydrogens (primary N) is 2. The number of unbranched alkanes of at least 4 members (excludes halogenated alkanes) is 1. The molecule has 6 rings (SSSR count). The summed E-state index contributed by atoms with van der Waals surface area (Å²) in [5.41, 5.74) is 7.87. The van der Waals surface area contributed by atoms with Crippen molar-refractivity contribution in [3.05, 3.63) is 82.4 Å².